The Morgan fingerprint density at radius 3 is 2.54 bits per heavy atom. The van der Waals surface area contributed by atoms with Crippen molar-refractivity contribution in [1.82, 2.24) is 15.3 Å². The van der Waals surface area contributed by atoms with Gasteiger partial charge in [-0.15, -0.1) is 0 Å². The van der Waals surface area contributed by atoms with Crippen molar-refractivity contribution in [3.8, 4) is 0 Å². The number of pyridine rings is 1. The molecule has 0 radical (unpaired) electrons. The highest BCUT2D eigenvalue weighted by molar-refractivity contribution is 9.10. The molecule has 1 aliphatic rings. The lowest BCUT2D eigenvalue weighted by atomic mass is 10.0. The number of benzene rings is 1. The van der Waals surface area contributed by atoms with Crippen LogP contribution < -0.4 is 10.2 Å². The molecule has 2 aromatic heterocycles. The van der Waals surface area contributed by atoms with Crippen molar-refractivity contribution in [1.29, 1.82) is 0 Å². The molecular formula is C18H15BrN4S. The SMILES string of the molecule is S=C1NC(c2ccccn2)C(c2ccc[nH]2)N1c1ccc(Br)cc1. The fourth-order valence-corrected chi connectivity index (χ4v) is 3.69. The lowest BCUT2D eigenvalue weighted by Gasteiger charge is -2.27. The second-order valence-corrected chi connectivity index (χ2v) is 6.90. The Kier molecular flexibility index (Phi) is 4.08. The van der Waals surface area contributed by atoms with Crippen molar-refractivity contribution in [2.75, 3.05) is 4.90 Å². The molecule has 2 atom stereocenters. The van der Waals surface area contributed by atoms with Gasteiger partial charge in [-0.1, -0.05) is 22.0 Å². The number of rotatable bonds is 3. The Bertz CT molecular complexity index is 833. The molecule has 1 aliphatic heterocycles. The van der Waals surface area contributed by atoms with E-state index in [0.717, 1.165) is 21.5 Å². The van der Waals surface area contributed by atoms with Crippen molar-refractivity contribution in [2.24, 2.45) is 0 Å². The van der Waals surface area contributed by atoms with Gasteiger partial charge in [0.25, 0.3) is 0 Å². The van der Waals surface area contributed by atoms with Crippen LogP contribution in [0.2, 0.25) is 0 Å². The van der Waals surface area contributed by atoms with E-state index < -0.39 is 0 Å². The number of thiocarbonyl (C=S) groups is 1. The van der Waals surface area contributed by atoms with Gasteiger partial charge < -0.3 is 15.2 Å². The summed E-state index contributed by atoms with van der Waals surface area (Å²) in [5, 5.41) is 4.14. The summed E-state index contributed by atoms with van der Waals surface area (Å²) < 4.78 is 1.04. The molecule has 2 N–H and O–H groups in total. The minimum absolute atomic E-state index is 0.0130. The van der Waals surface area contributed by atoms with Gasteiger partial charge in [0, 0.05) is 28.2 Å². The number of aromatic nitrogens is 2. The lowest BCUT2D eigenvalue weighted by Crippen LogP contribution is -2.29. The number of hydrogen-bond donors (Lipinski definition) is 2. The van der Waals surface area contributed by atoms with Crippen LogP contribution in [0.4, 0.5) is 5.69 Å². The molecule has 3 aromatic rings. The molecule has 6 heteroatoms. The molecule has 1 fully saturated rings. The highest BCUT2D eigenvalue weighted by atomic mass is 79.9. The normalized spacial score (nSPS) is 20.2. The number of hydrogen-bond acceptors (Lipinski definition) is 2. The maximum absolute atomic E-state index is 5.64. The van der Waals surface area contributed by atoms with E-state index in [0.29, 0.717) is 5.11 Å². The molecule has 0 aliphatic carbocycles. The second kappa shape index (κ2) is 6.37. The second-order valence-electron chi connectivity index (χ2n) is 5.60. The molecule has 0 amide bonds. The van der Waals surface area contributed by atoms with Crippen LogP contribution in [0, 0.1) is 0 Å². The van der Waals surface area contributed by atoms with E-state index in [2.05, 4.69) is 54.3 Å². The fourth-order valence-electron chi connectivity index (χ4n) is 3.08. The molecule has 120 valence electrons. The third kappa shape index (κ3) is 2.72. The first-order valence-electron chi connectivity index (χ1n) is 7.63. The number of H-pyrrole nitrogens is 1. The van der Waals surface area contributed by atoms with E-state index in [1.54, 1.807) is 0 Å². The minimum Gasteiger partial charge on any atom is -0.363 e. The zero-order valence-electron chi connectivity index (χ0n) is 12.7. The number of nitrogens with one attached hydrogen (secondary N) is 2. The zero-order chi connectivity index (χ0) is 16.5. The lowest BCUT2D eigenvalue weighted by molar-refractivity contribution is 0.558. The molecule has 2 unspecified atom stereocenters. The van der Waals surface area contributed by atoms with E-state index in [1.165, 1.54) is 0 Å². The standard InChI is InChI=1S/C18H15BrN4S/c19-12-6-8-13(9-7-12)23-17(15-5-3-11-21-15)16(22-18(23)24)14-4-1-2-10-20-14/h1-11,16-17,21H,(H,22,24). The van der Waals surface area contributed by atoms with Gasteiger partial charge in [0.2, 0.25) is 0 Å². The topological polar surface area (TPSA) is 44.0 Å². The predicted octanol–water partition coefficient (Wildman–Crippen LogP) is 4.35. The third-order valence-corrected chi connectivity index (χ3v) is 4.99. The molecule has 1 saturated heterocycles. The van der Waals surface area contributed by atoms with Crippen LogP contribution in [0.1, 0.15) is 23.5 Å². The molecule has 0 saturated carbocycles. The highest BCUT2D eigenvalue weighted by Crippen LogP contribution is 2.40. The van der Waals surface area contributed by atoms with Gasteiger partial charge in [-0.3, -0.25) is 4.98 Å². The monoisotopic (exact) mass is 398 g/mol. The average molecular weight is 399 g/mol. The van der Waals surface area contributed by atoms with Gasteiger partial charge in [0.15, 0.2) is 5.11 Å². The van der Waals surface area contributed by atoms with Gasteiger partial charge in [-0.05, 0) is 60.7 Å². The highest BCUT2D eigenvalue weighted by Gasteiger charge is 2.41. The average Bonchev–Trinajstić information content (AvgIpc) is 3.24. The van der Waals surface area contributed by atoms with Gasteiger partial charge in [0.05, 0.1) is 11.7 Å². The Balaban J connectivity index is 1.80. The number of anilines is 1. The van der Waals surface area contributed by atoms with E-state index in [1.807, 2.05) is 48.8 Å². The van der Waals surface area contributed by atoms with Gasteiger partial charge in [0.1, 0.15) is 6.04 Å². The molecular weight excluding hydrogens is 384 g/mol. The van der Waals surface area contributed by atoms with Crippen molar-refractivity contribution < 1.29 is 0 Å². The summed E-state index contributed by atoms with van der Waals surface area (Å²) in [6, 6.07) is 18.2. The van der Waals surface area contributed by atoms with Crippen LogP contribution >= 0.6 is 28.1 Å². The first-order valence-corrected chi connectivity index (χ1v) is 8.83. The minimum atomic E-state index is -0.0130. The number of aromatic amines is 1. The largest absolute Gasteiger partial charge is 0.363 e. The van der Waals surface area contributed by atoms with Crippen molar-refractivity contribution in [2.45, 2.75) is 12.1 Å². The van der Waals surface area contributed by atoms with Crippen molar-refractivity contribution in [3.63, 3.8) is 0 Å². The molecule has 3 heterocycles. The molecule has 24 heavy (non-hydrogen) atoms. The summed E-state index contributed by atoms with van der Waals surface area (Å²) >= 11 is 9.13. The summed E-state index contributed by atoms with van der Waals surface area (Å²) in [6.07, 6.45) is 3.75. The first-order chi connectivity index (χ1) is 11.7. The summed E-state index contributed by atoms with van der Waals surface area (Å²) in [7, 11) is 0. The predicted molar refractivity (Wildman–Crippen MR) is 103 cm³/mol. The van der Waals surface area contributed by atoms with Crippen LogP contribution in [0.3, 0.4) is 0 Å². The summed E-state index contributed by atoms with van der Waals surface area (Å²) in [5.41, 5.74) is 3.12. The summed E-state index contributed by atoms with van der Waals surface area (Å²) in [4.78, 5) is 10.0. The molecule has 4 rings (SSSR count). The summed E-state index contributed by atoms with van der Waals surface area (Å²) in [6.45, 7) is 0. The van der Waals surface area contributed by atoms with E-state index in [4.69, 9.17) is 12.2 Å². The van der Waals surface area contributed by atoms with Crippen LogP contribution in [0.15, 0.2) is 71.5 Å². The Morgan fingerprint density at radius 2 is 1.88 bits per heavy atom. The maximum Gasteiger partial charge on any atom is 0.174 e. The fraction of sp³-hybridized carbons (Fsp3) is 0.111. The Hall–Kier alpha value is -2.18. The molecule has 0 spiro atoms. The smallest absolute Gasteiger partial charge is 0.174 e. The van der Waals surface area contributed by atoms with Crippen molar-refractivity contribution in [3.05, 3.63) is 82.9 Å². The Morgan fingerprint density at radius 1 is 1.04 bits per heavy atom. The molecule has 1 aromatic carbocycles. The number of nitrogens with zero attached hydrogens (tertiary/aromatic N) is 2. The summed E-state index contributed by atoms with van der Waals surface area (Å²) in [5.74, 6) is 0. The zero-order valence-corrected chi connectivity index (χ0v) is 15.1. The maximum atomic E-state index is 5.64. The number of halogens is 1. The van der Waals surface area contributed by atoms with E-state index in [9.17, 15) is 0 Å². The van der Waals surface area contributed by atoms with Crippen LogP contribution in [-0.2, 0) is 0 Å². The van der Waals surface area contributed by atoms with E-state index >= 15 is 0 Å². The van der Waals surface area contributed by atoms with Crippen LogP contribution in [0.5, 0.6) is 0 Å². The molecule has 4 nitrogen and oxygen atoms in total. The van der Waals surface area contributed by atoms with Crippen LogP contribution in [-0.4, -0.2) is 15.1 Å². The van der Waals surface area contributed by atoms with Gasteiger partial charge in [-0.2, -0.15) is 0 Å². The van der Waals surface area contributed by atoms with E-state index in [-0.39, 0.29) is 12.1 Å². The molecule has 0 bridgehead atoms. The van der Waals surface area contributed by atoms with Gasteiger partial charge >= 0.3 is 0 Å². The van der Waals surface area contributed by atoms with Crippen LogP contribution in [0.25, 0.3) is 0 Å². The third-order valence-electron chi connectivity index (χ3n) is 4.14. The quantitative estimate of drug-likeness (QED) is 0.643. The van der Waals surface area contributed by atoms with Gasteiger partial charge in [-0.25, -0.2) is 0 Å². The first kappa shape index (κ1) is 15.4. The Labute approximate surface area is 154 Å². The van der Waals surface area contributed by atoms with Crippen molar-refractivity contribution >= 4 is 38.9 Å².